The molecule has 5 heteroatoms. The van der Waals surface area contributed by atoms with Crippen LogP contribution in [0.2, 0.25) is 5.02 Å². The average molecular weight is 326 g/mol. The molecule has 1 unspecified atom stereocenters. The van der Waals surface area contributed by atoms with Crippen molar-refractivity contribution in [3.8, 4) is 11.1 Å². The largest absolute Gasteiger partial charge is 0.355 e. The lowest BCUT2D eigenvalue weighted by Crippen LogP contribution is -2.03. The highest BCUT2D eigenvalue weighted by atomic mass is 35.5. The number of aromatic nitrogens is 1. The summed E-state index contributed by atoms with van der Waals surface area (Å²) in [4.78, 5) is 0.724. The van der Waals surface area contributed by atoms with Gasteiger partial charge in [-0.25, -0.2) is 0 Å². The lowest BCUT2D eigenvalue weighted by molar-refractivity contribution is 0.680. The van der Waals surface area contributed by atoms with Gasteiger partial charge in [-0.2, -0.15) is 0 Å². The SMILES string of the molecule is CCCS(=O)c1cn(C)cc(-c2cccc(Cl)c2)c1=S. The Morgan fingerprint density at radius 1 is 1.35 bits per heavy atom. The van der Waals surface area contributed by atoms with E-state index >= 15 is 0 Å². The molecule has 2 nitrogen and oxygen atoms in total. The zero-order valence-corrected chi connectivity index (χ0v) is 13.8. The van der Waals surface area contributed by atoms with Gasteiger partial charge in [-0.1, -0.05) is 42.9 Å². The van der Waals surface area contributed by atoms with Gasteiger partial charge in [-0.3, -0.25) is 4.21 Å². The number of hydrogen-bond donors (Lipinski definition) is 0. The Labute approximate surface area is 131 Å². The maximum atomic E-state index is 12.3. The molecular weight excluding hydrogens is 310 g/mol. The van der Waals surface area contributed by atoms with E-state index in [4.69, 9.17) is 23.8 Å². The number of aryl methyl sites for hydroxylation is 1. The highest BCUT2D eigenvalue weighted by Crippen LogP contribution is 2.26. The summed E-state index contributed by atoms with van der Waals surface area (Å²) < 4.78 is 14.8. The molecule has 0 fully saturated rings. The van der Waals surface area contributed by atoms with Gasteiger partial charge in [0.1, 0.15) is 0 Å². The van der Waals surface area contributed by atoms with Crippen LogP contribution in [0.25, 0.3) is 11.1 Å². The van der Waals surface area contributed by atoms with Crippen LogP contribution in [0.1, 0.15) is 13.3 Å². The highest BCUT2D eigenvalue weighted by molar-refractivity contribution is 7.85. The van der Waals surface area contributed by atoms with E-state index in [1.54, 1.807) is 0 Å². The van der Waals surface area contributed by atoms with Crippen LogP contribution in [-0.2, 0) is 17.8 Å². The van der Waals surface area contributed by atoms with Gasteiger partial charge < -0.3 is 4.57 Å². The number of benzene rings is 1. The van der Waals surface area contributed by atoms with Crippen molar-refractivity contribution in [1.29, 1.82) is 0 Å². The van der Waals surface area contributed by atoms with Gasteiger partial charge >= 0.3 is 0 Å². The molecule has 0 bridgehead atoms. The second-order valence-electron chi connectivity index (χ2n) is 4.59. The molecule has 0 radical (unpaired) electrons. The lowest BCUT2D eigenvalue weighted by Gasteiger charge is -2.10. The summed E-state index contributed by atoms with van der Waals surface area (Å²) >= 11 is 11.6. The van der Waals surface area contributed by atoms with Gasteiger partial charge in [0, 0.05) is 35.8 Å². The minimum Gasteiger partial charge on any atom is -0.355 e. The summed E-state index contributed by atoms with van der Waals surface area (Å²) in [6, 6.07) is 7.55. The molecule has 0 spiro atoms. The quantitative estimate of drug-likeness (QED) is 0.767. The Hall–Kier alpha value is -0.970. The van der Waals surface area contributed by atoms with Crippen LogP contribution in [0.4, 0.5) is 0 Å². The smallest absolute Gasteiger partial charge is 0.0737 e. The first kappa shape index (κ1) is 15.4. The van der Waals surface area contributed by atoms with Crippen molar-refractivity contribution in [1.82, 2.24) is 4.57 Å². The third-order valence-electron chi connectivity index (χ3n) is 2.89. The van der Waals surface area contributed by atoms with E-state index in [-0.39, 0.29) is 0 Å². The second kappa shape index (κ2) is 6.66. The molecule has 20 heavy (non-hydrogen) atoms. The Morgan fingerprint density at radius 3 is 2.75 bits per heavy atom. The van der Waals surface area contributed by atoms with E-state index < -0.39 is 10.8 Å². The molecule has 0 N–H and O–H groups in total. The molecule has 0 aliphatic heterocycles. The predicted molar refractivity (Wildman–Crippen MR) is 88.3 cm³/mol. The summed E-state index contributed by atoms with van der Waals surface area (Å²) in [5, 5.41) is 0.666. The summed E-state index contributed by atoms with van der Waals surface area (Å²) in [5.74, 6) is 0.628. The molecule has 0 amide bonds. The van der Waals surface area contributed by atoms with E-state index in [1.165, 1.54) is 0 Å². The Kier molecular flexibility index (Phi) is 5.13. The summed E-state index contributed by atoms with van der Waals surface area (Å²) in [6.45, 7) is 2.02. The fraction of sp³-hybridized carbons (Fsp3) is 0.267. The molecule has 1 aromatic heterocycles. The van der Waals surface area contributed by atoms with Crippen molar-refractivity contribution < 1.29 is 4.21 Å². The third-order valence-corrected chi connectivity index (χ3v) is 5.28. The zero-order valence-electron chi connectivity index (χ0n) is 11.4. The van der Waals surface area contributed by atoms with Crippen LogP contribution in [0, 0.1) is 4.51 Å². The molecule has 2 rings (SSSR count). The number of halogens is 1. The fourth-order valence-electron chi connectivity index (χ4n) is 2.00. The van der Waals surface area contributed by atoms with Crippen molar-refractivity contribution in [2.45, 2.75) is 18.2 Å². The van der Waals surface area contributed by atoms with Crippen molar-refractivity contribution in [3.05, 3.63) is 46.2 Å². The molecule has 2 aromatic rings. The van der Waals surface area contributed by atoms with Crippen LogP contribution in [-0.4, -0.2) is 14.5 Å². The molecule has 0 aliphatic carbocycles. The number of nitrogens with zero attached hydrogens (tertiary/aromatic N) is 1. The molecule has 1 atom stereocenters. The minimum atomic E-state index is -1.05. The van der Waals surface area contributed by atoms with Gasteiger partial charge in [-0.05, 0) is 24.1 Å². The zero-order chi connectivity index (χ0) is 14.7. The van der Waals surface area contributed by atoms with Crippen LogP contribution >= 0.6 is 23.8 Å². The fourth-order valence-corrected chi connectivity index (χ4v) is 3.88. The average Bonchev–Trinajstić information content (AvgIpc) is 2.41. The van der Waals surface area contributed by atoms with E-state index in [2.05, 4.69) is 0 Å². The predicted octanol–water partition coefficient (Wildman–Crippen LogP) is 4.59. The van der Waals surface area contributed by atoms with Crippen LogP contribution in [0.15, 0.2) is 41.6 Å². The van der Waals surface area contributed by atoms with Crippen LogP contribution in [0.5, 0.6) is 0 Å². The third kappa shape index (κ3) is 3.37. The minimum absolute atomic E-state index is 0.628. The second-order valence-corrected chi connectivity index (χ2v) is 6.97. The Morgan fingerprint density at radius 2 is 2.10 bits per heavy atom. The van der Waals surface area contributed by atoms with Gasteiger partial charge in [0.15, 0.2) is 0 Å². The van der Waals surface area contributed by atoms with Crippen molar-refractivity contribution in [3.63, 3.8) is 0 Å². The van der Waals surface area contributed by atoms with E-state index in [9.17, 15) is 4.21 Å². The van der Waals surface area contributed by atoms with Crippen molar-refractivity contribution >= 4 is 34.6 Å². The van der Waals surface area contributed by atoms with E-state index in [0.717, 1.165) is 22.4 Å². The standard InChI is InChI=1S/C15H16ClNOS2/c1-3-7-20(18)14-10-17(2)9-13(15(14)19)11-5-4-6-12(16)8-11/h4-6,8-10H,3,7H2,1-2H3. The topological polar surface area (TPSA) is 22.0 Å². The molecule has 0 aliphatic rings. The molecule has 0 saturated heterocycles. The van der Waals surface area contributed by atoms with Crippen molar-refractivity contribution in [2.24, 2.45) is 7.05 Å². The maximum Gasteiger partial charge on any atom is 0.0737 e. The number of pyridine rings is 1. The van der Waals surface area contributed by atoms with Crippen molar-refractivity contribution in [2.75, 3.05) is 5.75 Å². The molecule has 106 valence electrons. The monoisotopic (exact) mass is 325 g/mol. The van der Waals surface area contributed by atoms with Gasteiger partial charge in [-0.15, -0.1) is 0 Å². The van der Waals surface area contributed by atoms with Gasteiger partial charge in [0.2, 0.25) is 0 Å². The molecule has 0 saturated carbocycles. The maximum absolute atomic E-state index is 12.3. The highest BCUT2D eigenvalue weighted by Gasteiger charge is 2.11. The van der Waals surface area contributed by atoms with Crippen LogP contribution in [0.3, 0.4) is 0 Å². The number of hydrogen-bond acceptors (Lipinski definition) is 2. The molecular formula is C15H16ClNOS2. The first-order chi connectivity index (χ1) is 9.52. The van der Waals surface area contributed by atoms with Gasteiger partial charge in [0.05, 0.1) is 20.2 Å². The summed E-state index contributed by atoms with van der Waals surface area (Å²) in [7, 11) is 0.860. The Bertz CT molecular complexity index is 709. The lowest BCUT2D eigenvalue weighted by atomic mass is 10.1. The molecule has 1 aromatic carbocycles. The first-order valence-corrected chi connectivity index (χ1v) is 8.48. The van der Waals surface area contributed by atoms with Gasteiger partial charge in [0.25, 0.3) is 0 Å². The first-order valence-electron chi connectivity index (χ1n) is 6.37. The summed E-state index contributed by atoms with van der Waals surface area (Å²) in [6.07, 6.45) is 4.66. The normalized spacial score (nSPS) is 12.3. The Balaban J connectivity index is 2.61. The number of rotatable bonds is 4. The summed E-state index contributed by atoms with van der Waals surface area (Å²) in [5.41, 5.74) is 1.85. The van der Waals surface area contributed by atoms with E-state index in [1.807, 2.05) is 55.2 Å². The van der Waals surface area contributed by atoms with E-state index in [0.29, 0.717) is 15.3 Å². The molecule has 1 heterocycles. The van der Waals surface area contributed by atoms with Crippen LogP contribution < -0.4 is 0 Å².